The Hall–Kier alpha value is -2.21. The van der Waals surface area contributed by atoms with E-state index in [0.717, 1.165) is 5.56 Å². The van der Waals surface area contributed by atoms with Gasteiger partial charge in [0.25, 0.3) is 0 Å². The molecule has 0 aromatic heterocycles. The van der Waals surface area contributed by atoms with Crippen LogP contribution in [0, 0.1) is 23.0 Å². The summed E-state index contributed by atoms with van der Waals surface area (Å²) in [5.74, 6) is -0.774. The van der Waals surface area contributed by atoms with E-state index in [4.69, 9.17) is 5.26 Å². The summed E-state index contributed by atoms with van der Waals surface area (Å²) >= 11 is 0. The Morgan fingerprint density at radius 1 is 1.00 bits per heavy atom. The highest BCUT2D eigenvalue weighted by Crippen LogP contribution is 2.27. The van der Waals surface area contributed by atoms with Crippen molar-refractivity contribution in [1.29, 1.82) is 5.26 Å². The Balaban J connectivity index is 2.48. The molecule has 0 aliphatic heterocycles. The van der Waals surface area contributed by atoms with Crippen LogP contribution >= 0.6 is 0 Å². The van der Waals surface area contributed by atoms with Crippen molar-refractivity contribution in [2.75, 3.05) is 0 Å². The van der Waals surface area contributed by atoms with Crippen LogP contribution in [0.5, 0.6) is 0 Å². The van der Waals surface area contributed by atoms with E-state index < -0.39 is 5.82 Å². The first-order valence-electron chi connectivity index (χ1n) is 6.02. The fourth-order valence-electron chi connectivity index (χ4n) is 1.90. The SMILES string of the molecule is CC(C)c1ccc(-c2ccc(C#N)c(F)c2)c(F)c1. The maximum absolute atomic E-state index is 14.0. The van der Waals surface area contributed by atoms with E-state index in [1.54, 1.807) is 18.2 Å². The largest absolute Gasteiger partial charge is 0.206 e. The van der Waals surface area contributed by atoms with Crippen molar-refractivity contribution in [3.05, 3.63) is 59.2 Å². The highest BCUT2D eigenvalue weighted by atomic mass is 19.1. The van der Waals surface area contributed by atoms with Gasteiger partial charge in [-0.25, -0.2) is 8.78 Å². The molecule has 0 saturated heterocycles. The topological polar surface area (TPSA) is 23.8 Å². The van der Waals surface area contributed by atoms with E-state index in [1.807, 2.05) is 19.9 Å². The maximum Gasteiger partial charge on any atom is 0.141 e. The molecule has 0 radical (unpaired) electrons. The van der Waals surface area contributed by atoms with E-state index >= 15 is 0 Å². The molecule has 19 heavy (non-hydrogen) atoms. The summed E-state index contributed by atoms with van der Waals surface area (Å²) in [6, 6.07) is 10.8. The zero-order valence-electron chi connectivity index (χ0n) is 10.7. The number of hydrogen-bond acceptors (Lipinski definition) is 1. The monoisotopic (exact) mass is 257 g/mol. The van der Waals surface area contributed by atoms with Gasteiger partial charge in [0.2, 0.25) is 0 Å². The third-order valence-corrected chi connectivity index (χ3v) is 3.06. The van der Waals surface area contributed by atoms with Crippen molar-refractivity contribution in [1.82, 2.24) is 0 Å². The Morgan fingerprint density at radius 2 is 1.74 bits per heavy atom. The molecule has 0 saturated carbocycles. The predicted molar refractivity (Wildman–Crippen MR) is 70.6 cm³/mol. The van der Waals surface area contributed by atoms with Gasteiger partial charge in [0.1, 0.15) is 17.7 Å². The van der Waals surface area contributed by atoms with Crippen LogP contribution < -0.4 is 0 Å². The van der Waals surface area contributed by atoms with Gasteiger partial charge in [-0.1, -0.05) is 32.0 Å². The summed E-state index contributed by atoms with van der Waals surface area (Å²) in [4.78, 5) is 0. The summed E-state index contributed by atoms with van der Waals surface area (Å²) in [6.07, 6.45) is 0. The van der Waals surface area contributed by atoms with Gasteiger partial charge in [0.05, 0.1) is 5.56 Å². The van der Waals surface area contributed by atoms with E-state index in [-0.39, 0.29) is 17.3 Å². The second-order valence-electron chi connectivity index (χ2n) is 4.70. The molecule has 0 unspecified atom stereocenters. The number of benzene rings is 2. The molecule has 2 rings (SSSR count). The molecule has 1 nitrogen and oxygen atoms in total. The molecule has 0 aliphatic rings. The minimum Gasteiger partial charge on any atom is -0.206 e. The van der Waals surface area contributed by atoms with Crippen LogP contribution in [0.15, 0.2) is 36.4 Å². The number of hydrogen-bond donors (Lipinski definition) is 0. The van der Waals surface area contributed by atoms with Gasteiger partial charge < -0.3 is 0 Å². The molecule has 0 heterocycles. The van der Waals surface area contributed by atoms with Crippen molar-refractivity contribution in [2.45, 2.75) is 19.8 Å². The molecule has 0 aliphatic carbocycles. The highest BCUT2D eigenvalue weighted by molar-refractivity contribution is 5.65. The zero-order valence-corrected chi connectivity index (χ0v) is 10.7. The first-order chi connectivity index (χ1) is 9.02. The average molecular weight is 257 g/mol. The van der Waals surface area contributed by atoms with Crippen LogP contribution in [0.3, 0.4) is 0 Å². The molecular weight excluding hydrogens is 244 g/mol. The minimum atomic E-state index is -0.632. The number of nitrogens with zero attached hydrogens (tertiary/aromatic N) is 1. The molecule has 0 N–H and O–H groups in total. The second kappa shape index (κ2) is 5.19. The summed E-state index contributed by atoms with van der Waals surface area (Å²) in [5, 5.41) is 8.67. The van der Waals surface area contributed by atoms with Crippen molar-refractivity contribution in [2.24, 2.45) is 0 Å². The first-order valence-corrected chi connectivity index (χ1v) is 6.02. The van der Waals surface area contributed by atoms with Gasteiger partial charge in [0, 0.05) is 5.56 Å². The quantitative estimate of drug-likeness (QED) is 0.769. The normalized spacial score (nSPS) is 10.5. The van der Waals surface area contributed by atoms with Gasteiger partial charge >= 0.3 is 0 Å². The van der Waals surface area contributed by atoms with Crippen molar-refractivity contribution >= 4 is 0 Å². The van der Waals surface area contributed by atoms with Gasteiger partial charge in [-0.2, -0.15) is 5.26 Å². The Kier molecular flexibility index (Phi) is 3.62. The van der Waals surface area contributed by atoms with E-state index in [1.165, 1.54) is 18.2 Å². The molecule has 0 amide bonds. The third kappa shape index (κ3) is 2.63. The highest BCUT2D eigenvalue weighted by Gasteiger charge is 2.10. The zero-order chi connectivity index (χ0) is 14.0. The van der Waals surface area contributed by atoms with Crippen LogP contribution in [-0.4, -0.2) is 0 Å². The molecule has 96 valence electrons. The molecule has 0 fully saturated rings. The maximum atomic E-state index is 14.0. The predicted octanol–water partition coefficient (Wildman–Crippen LogP) is 4.63. The Labute approximate surface area is 111 Å². The summed E-state index contributed by atoms with van der Waals surface area (Å²) < 4.78 is 27.6. The second-order valence-corrected chi connectivity index (χ2v) is 4.70. The molecule has 3 heteroatoms. The van der Waals surface area contributed by atoms with Gasteiger partial charge in [-0.05, 0) is 35.2 Å². The summed E-state index contributed by atoms with van der Waals surface area (Å²) in [5.41, 5.74) is 1.63. The fraction of sp³-hybridized carbons (Fsp3) is 0.188. The summed E-state index contributed by atoms with van der Waals surface area (Å²) in [6.45, 7) is 3.96. The lowest BCUT2D eigenvalue weighted by molar-refractivity contribution is 0.620. The smallest absolute Gasteiger partial charge is 0.141 e. The average Bonchev–Trinajstić information content (AvgIpc) is 2.38. The van der Waals surface area contributed by atoms with Crippen LogP contribution in [0.25, 0.3) is 11.1 Å². The molecule has 0 bridgehead atoms. The van der Waals surface area contributed by atoms with E-state index in [2.05, 4.69) is 0 Å². The lowest BCUT2D eigenvalue weighted by Gasteiger charge is -2.09. The van der Waals surface area contributed by atoms with Gasteiger partial charge in [0.15, 0.2) is 0 Å². The van der Waals surface area contributed by atoms with Crippen LogP contribution in [0.4, 0.5) is 8.78 Å². The Bertz CT molecular complexity index is 654. The minimum absolute atomic E-state index is 0.0389. The molecule has 0 spiro atoms. The summed E-state index contributed by atoms with van der Waals surface area (Å²) in [7, 11) is 0. The van der Waals surface area contributed by atoms with Crippen molar-refractivity contribution in [3.63, 3.8) is 0 Å². The van der Waals surface area contributed by atoms with E-state index in [0.29, 0.717) is 11.1 Å². The van der Waals surface area contributed by atoms with E-state index in [9.17, 15) is 8.78 Å². The standard InChI is InChI=1S/C16H13F2N/c1-10(2)11-5-6-14(16(18)7-11)12-3-4-13(9-19)15(17)8-12/h3-8,10H,1-2H3. The van der Waals surface area contributed by atoms with Crippen molar-refractivity contribution < 1.29 is 8.78 Å². The van der Waals surface area contributed by atoms with Gasteiger partial charge in [-0.3, -0.25) is 0 Å². The number of nitriles is 1. The molecular formula is C16H13F2N. The lowest BCUT2D eigenvalue weighted by Crippen LogP contribution is -1.92. The van der Waals surface area contributed by atoms with Crippen molar-refractivity contribution in [3.8, 4) is 17.2 Å². The molecule has 2 aromatic rings. The lowest BCUT2D eigenvalue weighted by atomic mass is 9.97. The third-order valence-electron chi connectivity index (χ3n) is 3.06. The van der Waals surface area contributed by atoms with Gasteiger partial charge in [-0.15, -0.1) is 0 Å². The Morgan fingerprint density at radius 3 is 2.26 bits per heavy atom. The number of halogens is 2. The molecule has 0 atom stereocenters. The van der Waals surface area contributed by atoms with Crippen LogP contribution in [0.2, 0.25) is 0 Å². The van der Waals surface area contributed by atoms with Crippen LogP contribution in [0.1, 0.15) is 30.9 Å². The first kappa shape index (κ1) is 13.2. The fourth-order valence-corrected chi connectivity index (χ4v) is 1.90. The number of rotatable bonds is 2. The van der Waals surface area contributed by atoms with Crippen LogP contribution in [-0.2, 0) is 0 Å². The molecule has 2 aromatic carbocycles.